The van der Waals surface area contributed by atoms with Crippen molar-refractivity contribution < 1.29 is 27.4 Å². The van der Waals surface area contributed by atoms with E-state index in [9.17, 15) is 13.2 Å². The third kappa shape index (κ3) is 4.36. The Hall–Kier alpha value is -2.33. The van der Waals surface area contributed by atoms with Crippen LogP contribution in [0.15, 0.2) is 47.4 Å². The SMILES string of the molecule is COC(=O)[C@@H](c1ccccc1Cl)N1CCN(S(=O)(=O)c2ccc3c(c2)OCCO3)CC1. The second kappa shape index (κ2) is 9.04. The standard InChI is InChI=1S/C21H23ClN2O6S/c1-28-21(25)20(16-4-2-3-5-17(16)22)23-8-10-24(11-9-23)31(26,27)15-6-7-18-19(14-15)30-13-12-29-18/h2-7,14,20H,8-13H2,1H3/t20-/m1/s1. The number of benzene rings is 2. The third-order valence-corrected chi connectivity index (χ3v) is 7.65. The molecule has 2 aliphatic heterocycles. The third-order valence-electron chi connectivity index (χ3n) is 5.41. The Morgan fingerprint density at radius 2 is 1.71 bits per heavy atom. The number of carbonyl (C=O) groups excluding carboxylic acids is 1. The largest absolute Gasteiger partial charge is 0.486 e. The van der Waals surface area contributed by atoms with Gasteiger partial charge in [0.1, 0.15) is 19.3 Å². The summed E-state index contributed by atoms with van der Waals surface area (Å²) in [5, 5.41) is 0.462. The van der Waals surface area contributed by atoms with Crippen molar-refractivity contribution in [1.82, 2.24) is 9.21 Å². The zero-order valence-electron chi connectivity index (χ0n) is 17.0. The average molecular weight is 467 g/mol. The van der Waals surface area contributed by atoms with E-state index in [2.05, 4.69) is 0 Å². The minimum Gasteiger partial charge on any atom is -0.486 e. The molecule has 8 nitrogen and oxygen atoms in total. The summed E-state index contributed by atoms with van der Waals surface area (Å²) in [5.74, 6) is 0.530. The number of hydrogen-bond donors (Lipinski definition) is 0. The lowest BCUT2D eigenvalue weighted by Crippen LogP contribution is -2.51. The first-order valence-corrected chi connectivity index (χ1v) is 11.7. The molecule has 1 fully saturated rings. The normalized spacial score (nSPS) is 18.4. The molecule has 10 heteroatoms. The van der Waals surface area contributed by atoms with Crippen LogP contribution >= 0.6 is 11.6 Å². The Morgan fingerprint density at radius 3 is 2.39 bits per heavy atom. The van der Waals surface area contributed by atoms with Gasteiger partial charge in [0, 0.05) is 37.3 Å². The predicted octanol–water partition coefficient (Wildman–Crippen LogP) is 2.33. The molecule has 2 aromatic rings. The van der Waals surface area contributed by atoms with E-state index < -0.39 is 22.0 Å². The zero-order chi connectivity index (χ0) is 22.0. The molecule has 0 spiro atoms. The molecule has 4 rings (SSSR count). The molecule has 166 valence electrons. The fraction of sp³-hybridized carbons (Fsp3) is 0.381. The topological polar surface area (TPSA) is 85.4 Å². The van der Waals surface area contributed by atoms with Crippen LogP contribution in [-0.2, 0) is 19.6 Å². The van der Waals surface area contributed by atoms with Gasteiger partial charge in [-0.3, -0.25) is 4.90 Å². The number of hydrogen-bond acceptors (Lipinski definition) is 7. The highest BCUT2D eigenvalue weighted by Crippen LogP contribution is 2.34. The number of piperazine rings is 1. The summed E-state index contributed by atoms with van der Waals surface area (Å²) >= 11 is 6.32. The van der Waals surface area contributed by atoms with E-state index in [0.717, 1.165) is 0 Å². The molecule has 0 saturated carbocycles. The lowest BCUT2D eigenvalue weighted by molar-refractivity contribution is -0.147. The summed E-state index contributed by atoms with van der Waals surface area (Å²) in [6.07, 6.45) is 0. The molecule has 0 aromatic heterocycles. The van der Waals surface area contributed by atoms with Gasteiger partial charge in [-0.05, 0) is 23.8 Å². The Labute approximate surface area is 186 Å². The number of ether oxygens (including phenoxy) is 3. The summed E-state index contributed by atoms with van der Waals surface area (Å²) in [4.78, 5) is 14.6. The number of fused-ring (bicyclic) bond motifs is 1. The molecule has 31 heavy (non-hydrogen) atoms. The highest BCUT2D eigenvalue weighted by Gasteiger charge is 2.36. The second-order valence-electron chi connectivity index (χ2n) is 7.19. The van der Waals surface area contributed by atoms with Crippen molar-refractivity contribution >= 4 is 27.6 Å². The van der Waals surface area contributed by atoms with Crippen molar-refractivity contribution in [1.29, 1.82) is 0 Å². The summed E-state index contributed by atoms with van der Waals surface area (Å²) in [5.41, 5.74) is 0.638. The molecular weight excluding hydrogens is 444 g/mol. The van der Waals surface area contributed by atoms with Crippen molar-refractivity contribution in [3.05, 3.63) is 53.1 Å². The Bertz CT molecular complexity index is 1070. The molecule has 0 unspecified atom stereocenters. The van der Waals surface area contributed by atoms with Crippen LogP contribution < -0.4 is 9.47 Å². The van der Waals surface area contributed by atoms with Gasteiger partial charge in [-0.25, -0.2) is 13.2 Å². The number of halogens is 1. The van der Waals surface area contributed by atoms with Crippen molar-refractivity contribution in [3.8, 4) is 11.5 Å². The van der Waals surface area contributed by atoms with Crippen molar-refractivity contribution in [2.75, 3.05) is 46.5 Å². The van der Waals surface area contributed by atoms with Crippen LogP contribution in [0.1, 0.15) is 11.6 Å². The molecule has 2 aromatic carbocycles. The fourth-order valence-electron chi connectivity index (χ4n) is 3.82. The van der Waals surface area contributed by atoms with Gasteiger partial charge >= 0.3 is 5.97 Å². The van der Waals surface area contributed by atoms with Crippen molar-refractivity contribution in [2.24, 2.45) is 0 Å². The number of carbonyl (C=O) groups is 1. The van der Waals surface area contributed by atoms with Crippen LogP contribution in [0.5, 0.6) is 11.5 Å². The zero-order valence-corrected chi connectivity index (χ0v) is 18.6. The number of sulfonamides is 1. The monoisotopic (exact) mass is 466 g/mol. The lowest BCUT2D eigenvalue weighted by atomic mass is 10.0. The molecule has 0 aliphatic carbocycles. The lowest BCUT2D eigenvalue weighted by Gasteiger charge is -2.37. The Kier molecular flexibility index (Phi) is 6.38. The highest BCUT2D eigenvalue weighted by atomic mass is 35.5. The van der Waals surface area contributed by atoms with Crippen molar-refractivity contribution in [3.63, 3.8) is 0 Å². The molecule has 1 atom stereocenters. The van der Waals surface area contributed by atoms with E-state index in [1.807, 2.05) is 4.90 Å². The summed E-state index contributed by atoms with van der Waals surface area (Å²) in [6.45, 7) is 1.99. The van der Waals surface area contributed by atoms with Gasteiger partial charge in [-0.1, -0.05) is 29.8 Å². The Balaban J connectivity index is 1.52. The number of methoxy groups -OCH3 is 1. The molecular formula is C21H23ClN2O6S. The van der Waals surface area contributed by atoms with Crippen LogP contribution in [0.2, 0.25) is 5.02 Å². The number of esters is 1. The van der Waals surface area contributed by atoms with Crippen LogP contribution in [-0.4, -0.2) is 70.1 Å². The molecule has 0 amide bonds. The predicted molar refractivity (Wildman–Crippen MR) is 114 cm³/mol. The maximum Gasteiger partial charge on any atom is 0.327 e. The van der Waals surface area contributed by atoms with E-state index >= 15 is 0 Å². The van der Waals surface area contributed by atoms with Gasteiger partial charge in [0.15, 0.2) is 11.5 Å². The molecule has 1 saturated heterocycles. The minimum absolute atomic E-state index is 0.154. The Morgan fingerprint density at radius 1 is 1.03 bits per heavy atom. The maximum absolute atomic E-state index is 13.2. The van der Waals surface area contributed by atoms with Gasteiger partial charge < -0.3 is 14.2 Å². The molecule has 2 heterocycles. The van der Waals surface area contributed by atoms with Crippen LogP contribution in [0, 0.1) is 0 Å². The van der Waals surface area contributed by atoms with Crippen LogP contribution in [0.3, 0.4) is 0 Å². The smallest absolute Gasteiger partial charge is 0.327 e. The van der Waals surface area contributed by atoms with Crippen LogP contribution in [0.25, 0.3) is 0 Å². The van der Waals surface area contributed by atoms with E-state index in [-0.39, 0.29) is 18.0 Å². The fourth-order valence-corrected chi connectivity index (χ4v) is 5.49. The van der Waals surface area contributed by atoms with Gasteiger partial charge in [-0.15, -0.1) is 0 Å². The first-order chi connectivity index (χ1) is 14.9. The van der Waals surface area contributed by atoms with Crippen molar-refractivity contribution in [2.45, 2.75) is 10.9 Å². The summed E-state index contributed by atoms with van der Waals surface area (Å²) in [6, 6.07) is 11.0. The molecule has 0 radical (unpaired) electrons. The second-order valence-corrected chi connectivity index (χ2v) is 9.54. The average Bonchev–Trinajstić information content (AvgIpc) is 2.80. The first-order valence-electron chi connectivity index (χ1n) is 9.88. The van der Waals surface area contributed by atoms with Crippen LogP contribution in [0.4, 0.5) is 0 Å². The van der Waals surface area contributed by atoms with E-state index in [4.69, 9.17) is 25.8 Å². The summed E-state index contributed by atoms with van der Waals surface area (Å²) in [7, 11) is -2.39. The summed E-state index contributed by atoms with van der Waals surface area (Å²) < 4.78 is 43.7. The molecule has 0 bridgehead atoms. The van der Waals surface area contributed by atoms with E-state index in [0.29, 0.717) is 48.4 Å². The van der Waals surface area contributed by atoms with E-state index in [1.54, 1.807) is 30.3 Å². The van der Waals surface area contributed by atoms with Gasteiger partial charge in [0.2, 0.25) is 10.0 Å². The van der Waals surface area contributed by atoms with Gasteiger partial charge in [0.25, 0.3) is 0 Å². The minimum atomic E-state index is -3.71. The molecule has 0 N–H and O–H groups in total. The quantitative estimate of drug-likeness (QED) is 0.625. The maximum atomic E-state index is 13.2. The van der Waals surface area contributed by atoms with Gasteiger partial charge in [0.05, 0.1) is 12.0 Å². The van der Waals surface area contributed by atoms with E-state index in [1.165, 1.54) is 23.5 Å². The highest BCUT2D eigenvalue weighted by molar-refractivity contribution is 7.89. The molecule has 2 aliphatic rings. The van der Waals surface area contributed by atoms with Gasteiger partial charge in [-0.2, -0.15) is 4.31 Å². The first kappa shape index (κ1) is 21.9. The number of nitrogens with zero attached hydrogens (tertiary/aromatic N) is 2. The number of rotatable bonds is 5.